The minimum Gasteiger partial charge on any atom is -0.496 e. The molecule has 8 heteroatoms. The number of rotatable bonds is 6. The lowest BCUT2D eigenvalue weighted by molar-refractivity contribution is 0.102. The molecule has 0 N–H and O–H groups in total. The van der Waals surface area contributed by atoms with Gasteiger partial charge in [-0.15, -0.1) is 10.2 Å². The Kier molecular flexibility index (Phi) is 5.78. The highest BCUT2D eigenvalue weighted by atomic mass is 79.9. The Labute approximate surface area is 161 Å². The molecular formula is C17H12BrClN2O3S. The third kappa shape index (κ3) is 4.42. The largest absolute Gasteiger partial charge is 0.496 e. The number of halogens is 2. The number of aromatic nitrogens is 2. The number of carbonyl (C=O) groups excluding carboxylic acids is 1. The Morgan fingerprint density at radius 1 is 1.24 bits per heavy atom. The molecule has 1 heterocycles. The van der Waals surface area contributed by atoms with E-state index in [1.165, 1.54) is 11.8 Å². The van der Waals surface area contributed by atoms with E-state index in [0.717, 1.165) is 4.47 Å². The van der Waals surface area contributed by atoms with Crippen LogP contribution in [0.3, 0.4) is 0 Å². The minimum atomic E-state index is -0.0161. The molecule has 3 aromatic rings. The lowest BCUT2D eigenvalue weighted by atomic mass is 10.2. The number of hydrogen-bond donors (Lipinski definition) is 0. The van der Waals surface area contributed by atoms with E-state index in [1.807, 2.05) is 12.1 Å². The van der Waals surface area contributed by atoms with E-state index in [-0.39, 0.29) is 17.4 Å². The van der Waals surface area contributed by atoms with E-state index < -0.39 is 0 Å². The van der Waals surface area contributed by atoms with Crippen molar-refractivity contribution in [3.05, 3.63) is 57.5 Å². The minimum absolute atomic E-state index is 0.0161. The molecule has 0 radical (unpaired) electrons. The summed E-state index contributed by atoms with van der Waals surface area (Å²) >= 11 is 10.5. The number of carbonyl (C=O) groups is 1. The SMILES string of the molecule is COc1ccc(Cl)cc1-c1nnc(SCC(=O)c2ccc(Br)cc2)o1. The highest BCUT2D eigenvalue weighted by molar-refractivity contribution is 9.10. The molecule has 0 unspecified atom stereocenters. The van der Waals surface area contributed by atoms with Crippen molar-refractivity contribution in [1.82, 2.24) is 10.2 Å². The van der Waals surface area contributed by atoms with Gasteiger partial charge >= 0.3 is 0 Å². The average Bonchev–Trinajstić information content (AvgIpc) is 3.09. The van der Waals surface area contributed by atoms with Gasteiger partial charge in [0.25, 0.3) is 11.1 Å². The van der Waals surface area contributed by atoms with Crippen LogP contribution < -0.4 is 4.74 Å². The van der Waals surface area contributed by atoms with Crippen LogP contribution in [0.25, 0.3) is 11.5 Å². The van der Waals surface area contributed by atoms with Crippen LogP contribution in [0.5, 0.6) is 5.75 Å². The van der Waals surface area contributed by atoms with Gasteiger partial charge in [-0.1, -0.05) is 51.4 Å². The number of nitrogens with zero attached hydrogens (tertiary/aromatic N) is 2. The first-order valence-corrected chi connectivity index (χ1v) is 9.31. The van der Waals surface area contributed by atoms with Crippen LogP contribution >= 0.6 is 39.3 Å². The molecule has 2 aromatic carbocycles. The number of ether oxygens (including phenoxy) is 1. The highest BCUT2D eigenvalue weighted by Crippen LogP contribution is 2.33. The molecule has 0 atom stereocenters. The van der Waals surface area contributed by atoms with Crippen LogP contribution in [0, 0.1) is 0 Å². The predicted octanol–water partition coefficient (Wildman–Crippen LogP) is 5.14. The maximum absolute atomic E-state index is 12.2. The van der Waals surface area contributed by atoms with Crippen LogP contribution in [-0.4, -0.2) is 28.8 Å². The average molecular weight is 440 g/mol. The summed E-state index contributed by atoms with van der Waals surface area (Å²) in [6.45, 7) is 0. The summed E-state index contributed by atoms with van der Waals surface area (Å²) in [5, 5.41) is 8.81. The normalized spacial score (nSPS) is 10.7. The zero-order chi connectivity index (χ0) is 17.8. The smallest absolute Gasteiger partial charge is 0.277 e. The molecule has 25 heavy (non-hydrogen) atoms. The van der Waals surface area contributed by atoms with Gasteiger partial charge in [0.15, 0.2) is 5.78 Å². The Morgan fingerprint density at radius 3 is 2.72 bits per heavy atom. The van der Waals surface area contributed by atoms with E-state index >= 15 is 0 Å². The van der Waals surface area contributed by atoms with Gasteiger partial charge in [-0.05, 0) is 30.3 Å². The zero-order valence-corrected chi connectivity index (χ0v) is 16.2. The molecule has 1 aromatic heterocycles. The lowest BCUT2D eigenvalue weighted by Gasteiger charge is -2.04. The van der Waals surface area contributed by atoms with Crippen LogP contribution in [0.4, 0.5) is 0 Å². The topological polar surface area (TPSA) is 65.2 Å². The van der Waals surface area contributed by atoms with E-state index in [0.29, 0.717) is 27.1 Å². The van der Waals surface area contributed by atoms with Crippen LogP contribution in [0.1, 0.15) is 10.4 Å². The summed E-state index contributed by atoms with van der Waals surface area (Å²) in [5.41, 5.74) is 1.24. The molecule has 0 spiro atoms. The van der Waals surface area contributed by atoms with E-state index in [2.05, 4.69) is 26.1 Å². The molecule has 0 amide bonds. The second-order valence-electron chi connectivity index (χ2n) is 4.94. The first kappa shape index (κ1) is 18.0. The van der Waals surface area contributed by atoms with Gasteiger partial charge in [0.1, 0.15) is 5.75 Å². The van der Waals surface area contributed by atoms with Crippen molar-refractivity contribution in [3.63, 3.8) is 0 Å². The molecule has 0 fully saturated rings. The predicted molar refractivity (Wildman–Crippen MR) is 100 cm³/mol. The van der Waals surface area contributed by atoms with Gasteiger partial charge in [-0.25, -0.2) is 0 Å². The van der Waals surface area contributed by atoms with Crippen molar-refractivity contribution < 1.29 is 13.9 Å². The second kappa shape index (κ2) is 8.03. The molecular weight excluding hydrogens is 428 g/mol. The van der Waals surface area contributed by atoms with E-state index in [4.69, 9.17) is 20.8 Å². The summed E-state index contributed by atoms with van der Waals surface area (Å²) < 4.78 is 11.8. The maximum atomic E-state index is 12.2. The van der Waals surface area contributed by atoms with E-state index in [1.54, 1.807) is 37.4 Å². The van der Waals surface area contributed by atoms with Gasteiger partial charge < -0.3 is 9.15 Å². The highest BCUT2D eigenvalue weighted by Gasteiger charge is 2.16. The maximum Gasteiger partial charge on any atom is 0.277 e. The number of hydrogen-bond acceptors (Lipinski definition) is 6. The fraction of sp³-hybridized carbons (Fsp3) is 0.118. The molecule has 0 saturated heterocycles. The molecule has 128 valence electrons. The third-order valence-electron chi connectivity index (χ3n) is 3.29. The standard InChI is InChI=1S/C17H12BrClN2O3S/c1-23-15-7-6-12(19)8-13(15)16-20-21-17(24-16)25-9-14(22)10-2-4-11(18)5-3-10/h2-8H,9H2,1H3. The molecule has 0 aliphatic carbocycles. The van der Waals surface area contributed by atoms with Crippen molar-refractivity contribution in [2.24, 2.45) is 0 Å². The Hall–Kier alpha value is -1.83. The molecule has 0 saturated carbocycles. The summed E-state index contributed by atoms with van der Waals surface area (Å²) in [7, 11) is 1.55. The van der Waals surface area contributed by atoms with Crippen molar-refractivity contribution in [2.45, 2.75) is 5.22 Å². The number of ketones is 1. The Morgan fingerprint density at radius 2 is 2.00 bits per heavy atom. The number of methoxy groups -OCH3 is 1. The van der Waals surface area contributed by atoms with Crippen LogP contribution in [-0.2, 0) is 0 Å². The van der Waals surface area contributed by atoms with Crippen molar-refractivity contribution in [3.8, 4) is 17.2 Å². The molecule has 0 bridgehead atoms. The first-order chi connectivity index (χ1) is 12.1. The van der Waals surface area contributed by atoms with Gasteiger partial charge in [-0.3, -0.25) is 4.79 Å². The van der Waals surface area contributed by atoms with Gasteiger partial charge in [0.2, 0.25) is 0 Å². The zero-order valence-electron chi connectivity index (χ0n) is 13.0. The lowest BCUT2D eigenvalue weighted by Crippen LogP contribution is -2.01. The van der Waals surface area contributed by atoms with Gasteiger partial charge in [0, 0.05) is 15.1 Å². The first-order valence-electron chi connectivity index (χ1n) is 7.16. The Balaban J connectivity index is 1.71. The fourth-order valence-electron chi connectivity index (χ4n) is 2.07. The van der Waals surface area contributed by atoms with Gasteiger partial charge in [-0.2, -0.15) is 0 Å². The molecule has 3 rings (SSSR count). The summed E-state index contributed by atoms with van der Waals surface area (Å²) in [5.74, 6) is 1.06. The fourth-order valence-corrected chi connectivity index (χ4v) is 3.16. The quantitative estimate of drug-likeness (QED) is 0.391. The van der Waals surface area contributed by atoms with E-state index in [9.17, 15) is 4.79 Å². The molecule has 0 aliphatic heterocycles. The van der Waals surface area contributed by atoms with Crippen molar-refractivity contribution >= 4 is 45.1 Å². The number of thioether (sulfide) groups is 1. The number of Topliss-reactive ketones (excluding diaryl/α,β-unsaturated/α-hetero) is 1. The molecule has 0 aliphatic rings. The summed E-state index contributed by atoms with van der Waals surface area (Å²) in [6, 6.07) is 12.3. The summed E-state index contributed by atoms with van der Waals surface area (Å²) in [4.78, 5) is 12.2. The number of benzene rings is 2. The van der Waals surface area contributed by atoms with Crippen LogP contribution in [0.2, 0.25) is 5.02 Å². The van der Waals surface area contributed by atoms with Crippen molar-refractivity contribution in [2.75, 3.05) is 12.9 Å². The van der Waals surface area contributed by atoms with Gasteiger partial charge in [0.05, 0.1) is 18.4 Å². The molecule has 5 nitrogen and oxygen atoms in total. The third-order valence-corrected chi connectivity index (χ3v) is 4.87. The van der Waals surface area contributed by atoms with Crippen LogP contribution in [0.15, 0.2) is 56.6 Å². The van der Waals surface area contributed by atoms with Crippen molar-refractivity contribution in [1.29, 1.82) is 0 Å². The monoisotopic (exact) mass is 438 g/mol. The second-order valence-corrected chi connectivity index (χ2v) is 7.22. The summed E-state index contributed by atoms with van der Waals surface area (Å²) in [6.07, 6.45) is 0. The Bertz CT molecular complexity index is 899.